The van der Waals surface area contributed by atoms with E-state index in [1.54, 1.807) is 14.2 Å². The van der Waals surface area contributed by atoms with Gasteiger partial charge in [0.2, 0.25) is 0 Å². The lowest BCUT2D eigenvalue weighted by molar-refractivity contribution is 0.396. The van der Waals surface area contributed by atoms with Gasteiger partial charge in [0.15, 0.2) is 0 Å². The Balaban J connectivity index is 2.71. The molecule has 4 nitrogen and oxygen atoms in total. The summed E-state index contributed by atoms with van der Waals surface area (Å²) in [6.07, 6.45) is 0. The lowest BCUT2D eigenvalue weighted by Gasteiger charge is -2.11. The lowest BCUT2D eigenvalue weighted by atomic mass is 10.2. The van der Waals surface area contributed by atoms with Crippen molar-refractivity contribution in [2.75, 3.05) is 20.8 Å². The largest absolute Gasteiger partial charge is 0.497 e. The molecule has 0 bridgehead atoms. The molecule has 1 aromatic carbocycles. The van der Waals surface area contributed by atoms with Crippen molar-refractivity contribution in [1.82, 2.24) is 4.57 Å². The third-order valence-corrected chi connectivity index (χ3v) is 2.95. The molecular weight excluding hydrogens is 216 g/mol. The molecule has 0 spiro atoms. The van der Waals surface area contributed by atoms with Crippen LogP contribution in [0.5, 0.6) is 11.5 Å². The maximum atomic E-state index is 5.64. The molecule has 0 fully saturated rings. The summed E-state index contributed by atoms with van der Waals surface area (Å²) in [7, 11) is 3.33. The summed E-state index contributed by atoms with van der Waals surface area (Å²) in [6, 6.07) is 6.03. The zero-order valence-corrected chi connectivity index (χ0v) is 10.5. The second kappa shape index (κ2) is 4.67. The third-order valence-electron chi connectivity index (χ3n) is 2.95. The first-order valence-electron chi connectivity index (χ1n) is 5.63. The highest BCUT2D eigenvalue weighted by atomic mass is 16.5. The molecule has 1 heterocycles. The Morgan fingerprint density at radius 2 is 1.94 bits per heavy atom. The van der Waals surface area contributed by atoms with Crippen molar-refractivity contribution in [3.63, 3.8) is 0 Å². The fourth-order valence-corrected chi connectivity index (χ4v) is 2.17. The van der Waals surface area contributed by atoms with E-state index < -0.39 is 0 Å². The minimum atomic E-state index is 0.611. The summed E-state index contributed by atoms with van der Waals surface area (Å²) in [5, 5.41) is 1.12. The molecule has 0 radical (unpaired) electrons. The summed E-state index contributed by atoms with van der Waals surface area (Å²) in [5.41, 5.74) is 7.90. The van der Waals surface area contributed by atoms with Gasteiger partial charge in [-0.3, -0.25) is 0 Å². The number of aromatic nitrogens is 1. The van der Waals surface area contributed by atoms with Gasteiger partial charge in [-0.1, -0.05) is 0 Å². The van der Waals surface area contributed by atoms with E-state index in [2.05, 4.69) is 17.6 Å². The quantitative estimate of drug-likeness (QED) is 0.879. The first-order valence-corrected chi connectivity index (χ1v) is 5.63. The first kappa shape index (κ1) is 11.8. The molecule has 92 valence electrons. The standard InChI is InChI=1S/C13H18N2O2/c1-9-6-10-7-11(16-2)8-12(17-3)13(10)15(9)5-4-14/h6-8H,4-5,14H2,1-3H3. The van der Waals surface area contributed by atoms with Gasteiger partial charge in [0.1, 0.15) is 11.5 Å². The number of hydrogen-bond donors (Lipinski definition) is 1. The molecule has 0 amide bonds. The van der Waals surface area contributed by atoms with Crippen LogP contribution in [0.15, 0.2) is 18.2 Å². The minimum absolute atomic E-state index is 0.611. The van der Waals surface area contributed by atoms with Crippen molar-refractivity contribution in [2.45, 2.75) is 13.5 Å². The Hall–Kier alpha value is -1.68. The smallest absolute Gasteiger partial charge is 0.146 e. The fourth-order valence-electron chi connectivity index (χ4n) is 2.17. The molecule has 2 N–H and O–H groups in total. The number of rotatable bonds is 4. The summed E-state index contributed by atoms with van der Waals surface area (Å²) in [6.45, 7) is 3.47. The molecular formula is C13H18N2O2. The van der Waals surface area contributed by atoms with Crippen LogP contribution in [0.1, 0.15) is 5.69 Å². The second-order valence-electron chi connectivity index (χ2n) is 3.99. The molecule has 0 saturated carbocycles. The van der Waals surface area contributed by atoms with Crippen LogP contribution in [0.2, 0.25) is 0 Å². The predicted molar refractivity (Wildman–Crippen MR) is 68.8 cm³/mol. The highest BCUT2D eigenvalue weighted by Gasteiger charge is 2.12. The molecule has 0 aliphatic heterocycles. The van der Waals surface area contributed by atoms with Crippen LogP contribution >= 0.6 is 0 Å². The van der Waals surface area contributed by atoms with Crippen molar-refractivity contribution in [2.24, 2.45) is 5.73 Å². The molecule has 0 saturated heterocycles. The average Bonchev–Trinajstić information content (AvgIpc) is 2.65. The van der Waals surface area contributed by atoms with Crippen LogP contribution in [0, 0.1) is 6.92 Å². The first-order chi connectivity index (χ1) is 8.21. The van der Waals surface area contributed by atoms with Crippen LogP contribution in [-0.2, 0) is 6.54 Å². The molecule has 0 aliphatic carbocycles. The monoisotopic (exact) mass is 234 g/mol. The van der Waals surface area contributed by atoms with Gasteiger partial charge >= 0.3 is 0 Å². The third kappa shape index (κ3) is 1.96. The molecule has 0 unspecified atom stereocenters. The Morgan fingerprint density at radius 3 is 2.53 bits per heavy atom. The van der Waals surface area contributed by atoms with Crippen molar-refractivity contribution < 1.29 is 9.47 Å². The minimum Gasteiger partial charge on any atom is -0.497 e. The SMILES string of the molecule is COc1cc(OC)c2c(c1)cc(C)n2CCN. The van der Waals surface area contributed by atoms with Gasteiger partial charge in [-0.05, 0) is 19.1 Å². The normalized spacial score (nSPS) is 10.8. The van der Waals surface area contributed by atoms with E-state index in [1.165, 1.54) is 5.69 Å². The van der Waals surface area contributed by atoms with E-state index >= 15 is 0 Å². The Kier molecular flexibility index (Phi) is 3.24. The lowest BCUT2D eigenvalue weighted by Crippen LogP contribution is -2.11. The van der Waals surface area contributed by atoms with Crippen molar-refractivity contribution in [3.05, 3.63) is 23.9 Å². The molecule has 0 aliphatic rings. The zero-order valence-electron chi connectivity index (χ0n) is 10.5. The summed E-state index contributed by atoms with van der Waals surface area (Å²) in [4.78, 5) is 0. The van der Waals surface area contributed by atoms with Gasteiger partial charge in [0.25, 0.3) is 0 Å². The second-order valence-corrected chi connectivity index (χ2v) is 3.99. The molecule has 2 rings (SSSR count). The van der Waals surface area contributed by atoms with Crippen LogP contribution in [0.3, 0.4) is 0 Å². The van der Waals surface area contributed by atoms with E-state index in [0.717, 1.165) is 28.9 Å². The predicted octanol–water partition coefficient (Wildman–Crippen LogP) is 1.93. The number of nitrogens with two attached hydrogens (primary N) is 1. The average molecular weight is 234 g/mol. The Labute approximate surface area is 101 Å². The van der Waals surface area contributed by atoms with Crippen LogP contribution in [0.25, 0.3) is 10.9 Å². The van der Waals surface area contributed by atoms with Gasteiger partial charge in [-0.15, -0.1) is 0 Å². The maximum absolute atomic E-state index is 5.64. The van der Waals surface area contributed by atoms with Gasteiger partial charge in [-0.25, -0.2) is 0 Å². The number of hydrogen-bond acceptors (Lipinski definition) is 3. The van der Waals surface area contributed by atoms with Crippen molar-refractivity contribution >= 4 is 10.9 Å². The number of methoxy groups -OCH3 is 2. The molecule has 0 atom stereocenters. The van der Waals surface area contributed by atoms with Crippen LogP contribution in [0.4, 0.5) is 0 Å². The molecule has 4 heteroatoms. The summed E-state index contributed by atoms with van der Waals surface area (Å²) in [5.74, 6) is 1.63. The number of ether oxygens (including phenoxy) is 2. The van der Waals surface area contributed by atoms with E-state index in [9.17, 15) is 0 Å². The summed E-state index contributed by atoms with van der Waals surface area (Å²) < 4.78 is 12.9. The zero-order chi connectivity index (χ0) is 12.4. The van der Waals surface area contributed by atoms with Gasteiger partial charge < -0.3 is 19.8 Å². The highest BCUT2D eigenvalue weighted by Crippen LogP contribution is 2.33. The van der Waals surface area contributed by atoms with Crippen LogP contribution in [-0.4, -0.2) is 25.3 Å². The maximum Gasteiger partial charge on any atom is 0.146 e. The van der Waals surface area contributed by atoms with E-state index in [-0.39, 0.29) is 0 Å². The number of aryl methyl sites for hydroxylation is 1. The van der Waals surface area contributed by atoms with E-state index in [0.29, 0.717) is 6.54 Å². The topological polar surface area (TPSA) is 49.4 Å². The van der Waals surface area contributed by atoms with Crippen LogP contribution < -0.4 is 15.2 Å². The highest BCUT2D eigenvalue weighted by molar-refractivity contribution is 5.88. The number of benzene rings is 1. The van der Waals surface area contributed by atoms with Crippen molar-refractivity contribution in [1.29, 1.82) is 0 Å². The Morgan fingerprint density at radius 1 is 1.18 bits per heavy atom. The number of nitrogens with zero attached hydrogens (tertiary/aromatic N) is 1. The van der Waals surface area contributed by atoms with Crippen molar-refractivity contribution in [3.8, 4) is 11.5 Å². The fraction of sp³-hybridized carbons (Fsp3) is 0.385. The van der Waals surface area contributed by atoms with Gasteiger partial charge in [0.05, 0.1) is 19.7 Å². The van der Waals surface area contributed by atoms with Gasteiger partial charge in [0, 0.05) is 30.2 Å². The van der Waals surface area contributed by atoms with E-state index in [1.807, 2.05) is 12.1 Å². The Bertz CT molecular complexity index is 532. The summed E-state index contributed by atoms with van der Waals surface area (Å²) >= 11 is 0. The molecule has 2 aromatic rings. The molecule has 17 heavy (non-hydrogen) atoms. The molecule has 1 aromatic heterocycles. The number of fused-ring (bicyclic) bond motifs is 1. The van der Waals surface area contributed by atoms with Gasteiger partial charge in [-0.2, -0.15) is 0 Å². The van der Waals surface area contributed by atoms with E-state index in [4.69, 9.17) is 15.2 Å².